The number of aliphatic hydroxyl groups is 1. The first-order valence-electron chi connectivity index (χ1n) is 5.96. The molecular formula is C13H15F4NO. The maximum atomic E-state index is 13.7. The van der Waals surface area contributed by atoms with Gasteiger partial charge >= 0.3 is 0 Å². The van der Waals surface area contributed by atoms with E-state index in [1.54, 1.807) is 0 Å². The monoisotopic (exact) mass is 277 g/mol. The topological polar surface area (TPSA) is 46.2 Å². The molecule has 2 nitrogen and oxygen atoms in total. The molecule has 0 spiro atoms. The lowest BCUT2D eigenvalue weighted by molar-refractivity contribution is -0.00477. The van der Waals surface area contributed by atoms with Crippen LogP contribution in [-0.4, -0.2) is 23.8 Å². The third-order valence-corrected chi connectivity index (χ3v) is 3.75. The zero-order valence-electron chi connectivity index (χ0n) is 10.1. The Hall–Kier alpha value is -1.14. The fraction of sp³-hybridized carbons (Fsp3) is 0.538. The van der Waals surface area contributed by atoms with Gasteiger partial charge in [0.2, 0.25) is 0 Å². The highest BCUT2D eigenvalue weighted by Gasteiger charge is 2.54. The molecule has 6 heteroatoms. The predicted molar refractivity (Wildman–Crippen MR) is 61.9 cm³/mol. The van der Waals surface area contributed by atoms with Crippen LogP contribution in [0.1, 0.15) is 18.4 Å². The summed E-state index contributed by atoms with van der Waals surface area (Å²) in [5, 5.41) is 9.69. The molecule has 1 aromatic carbocycles. The molecule has 1 fully saturated rings. The number of nitrogens with two attached hydrogens (primary N) is 1. The molecule has 2 rings (SSSR count). The number of benzene rings is 1. The minimum atomic E-state index is -3.10. The molecule has 0 saturated heterocycles. The van der Waals surface area contributed by atoms with Crippen molar-refractivity contribution >= 4 is 0 Å². The number of alkyl halides is 3. The maximum Gasteiger partial charge on any atom is 0.251 e. The second-order valence-corrected chi connectivity index (χ2v) is 5.09. The van der Waals surface area contributed by atoms with Crippen molar-refractivity contribution in [3.63, 3.8) is 0 Å². The van der Waals surface area contributed by atoms with E-state index in [9.17, 15) is 22.7 Å². The average molecular weight is 277 g/mol. The minimum absolute atomic E-state index is 0.181. The van der Waals surface area contributed by atoms with Crippen LogP contribution in [0.3, 0.4) is 0 Å². The van der Waals surface area contributed by atoms with Gasteiger partial charge in [0.05, 0.1) is 11.6 Å². The van der Waals surface area contributed by atoms with E-state index in [0.29, 0.717) is 0 Å². The van der Waals surface area contributed by atoms with Crippen molar-refractivity contribution in [2.24, 2.45) is 11.7 Å². The van der Waals surface area contributed by atoms with E-state index in [0.717, 1.165) is 6.07 Å². The van der Waals surface area contributed by atoms with Crippen LogP contribution in [0.25, 0.3) is 0 Å². The van der Waals surface area contributed by atoms with Gasteiger partial charge in [0.1, 0.15) is 12.5 Å². The molecule has 3 atom stereocenters. The van der Waals surface area contributed by atoms with E-state index >= 15 is 0 Å². The number of rotatable bonds is 3. The SMILES string of the molecule is N[C@@](CF)(c1ccccc1F)[C@H]1CC(F)(F)C[C@H]1O. The van der Waals surface area contributed by atoms with Gasteiger partial charge in [0.15, 0.2) is 0 Å². The van der Waals surface area contributed by atoms with Gasteiger partial charge in [-0.3, -0.25) is 0 Å². The van der Waals surface area contributed by atoms with Crippen molar-refractivity contribution in [2.75, 3.05) is 6.67 Å². The van der Waals surface area contributed by atoms with E-state index in [2.05, 4.69) is 0 Å². The third kappa shape index (κ3) is 2.47. The van der Waals surface area contributed by atoms with Crippen LogP contribution in [0.5, 0.6) is 0 Å². The fourth-order valence-electron chi connectivity index (χ4n) is 2.72. The summed E-state index contributed by atoms with van der Waals surface area (Å²) in [7, 11) is 0. The molecule has 1 aliphatic rings. The van der Waals surface area contributed by atoms with Crippen LogP contribution in [0.15, 0.2) is 24.3 Å². The van der Waals surface area contributed by atoms with E-state index in [1.165, 1.54) is 18.2 Å². The van der Waals surface area contributed by atoms with E-state index < -0.39 is 48.8 Å². The Labute approximate surface area is 108 Å². The molecule has 0 heterocycles. The van der Waals surface area contributed by atoms with Gasteiger partial charge in [-0.2, -0.15) is 0 Å². The normalized spacial score (nSPS) is 29.2. The molecule has 0 unspecified atom stereocenters. The van der Waals surface area contributed by atoms with Crippen LogP contribution in [0.4, 0.5) is 17.6 Å². The Morgan fingerprint density at radius 1 is 1.32 bits per heavy atom. The lowest BCUT2D eigenvalue weighted by Gasteiger charge is -2.35. The molecule has 0 radical (unpaired) electrons. The first kappa shape index (κ1) is 14.3. The van der Waals surface area contributed by atoms with Crippen LogP contribution in [-0.2, 0) is 5.54 Å². The molecule has 1 saturated carbocycles. The van der Waals surface area contributed by atoms with E-state index in [-0.39, 0.29) is 5.56 Å². The number of aliphatic hydroxyl groups excluding tert-OH is 1. The Balaban J connectivity index is 2.41. The Kier molecular flexibility index (Phi) is 3.57. The molecular weight excluding hydrogens is 262 g/mol. The summed E-state index contributed by atoms with van der Waals surface area (Å²) in [6, 6.07) is 5.20. The Morgan fingerprint density at radius 3 is 2.42 bits per heavy atom. The van der Waals surface area contributed by atoms with Crippen molar-refractivity contribution in [3.8, 4) is 0 Å². The lowest BCUT2D eigenvalue weighted by Crippen LogP contribution is -2.50. The molecule has 0 amide bonds. The van der Waals surface area contributed by atoms with Gasteiger partial charge in [-0.15, -0.1) is 0 Å². The first-order chi connectivity index (χ1) is 8.80. The van der Waals surface area contributed by atoms with Crippen LogP contribution in [0, 0.1) is 11.7 Å². The van der Waals surface area contributed by atoms with Crippen molar-refractivity contribution in [1.82, 2.24) is 0 Å². The third-order valence-electron chi connectivity index (χ3n) is 3.75. The standard InChI is InChI=1S/C13H15F4NO/c14-7-13(18,8-3-1-2-4-10(8)15)9-5-12(16,17)6-11(9)19/h1-4,9,11,19H,5-7,18H2/t9-,11+,13-/m0/s1. The van der Waals surface area contributed by atoms with Gasteiger partial charge in [-0.25, -0.2) is 17.6 Å². The second-order valence-electron chi connectivity index (χ2n) is 5.09. The van der Waals surface area contributed by atoms with Crippen LogP contribution >= 0.6 is 0 Å². The van der Waals surface area contributed by atoms with Crippen molar-refractivity contribution in [3.05, 3.63) is 35.6 Å². The largest absolute Gasteiger partial charge is 0.393 e. The Bertz CT molecular complexity index is 468. The van der Waals surface area contributed by atoms with Crippen molar-refractivity contribution in [2.45, 2.75) is 30.4 Å². The second kappa shape index (κ2) is 4.76. The zero-order chi connectivity index (χ0) is 14.3. The fourth-order valence-corrected chi connectivity index (χ4v) is 2.72. The minimum Gasteiger partial charge on any atom is -0.393 e. The molecule has 1 aromatic rings. The first-order valence-corrected chi connectivity index (χ1v) is 5.96. The number of hydrogen-bond acceptors (Lipinski definition) is 2. The number of halogens is 4. The highest BCUT2D eigenvalue weighted by molar-refractivity contribution is 5.28. The van der Waals surface area contributed by atoms with Gasteiger partial charge in [-0.1, -0.05) is 18.2 Å². The van der Waals surface area contributed by atoms with Gasteiger partial charge < -0.3 is 10.8 Å². The smallest absolute Gasteiger partial charge is 0.251 e. The van der Waals surface area contributed by atoms with E-state index in [1.807, 2.05) is 0 Å². The lowest BCUT2D eigenvalue weighted by atomic mass is 9.77. The van der Waals surface area contributed by atoms with Crippen molar-refractivity contribution < 1.29 is 22.7 Å². The molecule has 0 aromatic heterocycles. The van der Waals surface area contributed by atoms with Gasteiger partial charge in [0.25, 0.3) is 5.92 Å². The summed E-state index contributed by atoms with van der Waals surface area (Å²) in [6.45, 7) is -1.22. The molecule has 0 aliphatic heterocycles. The quantitative estimate of drug-likeness (QED) is 0.833. The number of hydrogen-bond donors (Lipinski definition) is 2. The van der Waals surface area contributed by atoms with Gasteiger partial charge in [0, 0.05) is 24.3 Å². The summed E-state index contributed by atoms with van der Waals surface area (Å²) in [5.41, 5.74) is 3.71. The van der Waals surface area contributed by atoms with Crippen LogP contribution in [0.2, 0.25) is 0 Å². The molecule has 3 N–H and O–H groups in total. The van der Waals surface area contributed by atoms with Crippen molar-refractivity contribution in [1.29, 1.82) is 0 Å². The predicted octanol–water partition coefficient (Wildman–Crippen LogP) is 2.36. The maximum absolute atomic E-state index is 13.7. The summed E-state index contributed by atoms with van der Waals surface area (Å²) >= 11 is 0. The summed E-state index contributed by atoms with van der Waals surface area (Å²) in [6.07, 6.45) is -2.97. The zero-order valence-corrected chi connectivity index (χ0v) is 10.1. The van der Waals surface area contributed by atoms with E-state index in [4.69, 9.17) is 5.73 Å². The molecule has 19 heavy (non-hydrogen) atoms. The average Bonchev–Trinajstić information content (AvgIpc) is 2.63. The summed E-state index contributed by atoms with van der Waals surface area (Å²) < 4.78 is 53.7. The summed E-state index contributed by atoms with van der Waals surface area (Å²) in [5.74, 6) is -5.08. The Morgan fingerprint density at radius 2 is 1.95 bits per heavy atom. The molecule has 1 aliphatic carbocycles. The highest BCUT2D eigenvalue weighted by Crippen LogP contribution is 2.47. The highest BCUT2D eigenvalue weighted by atomic mass is 19.3. The van der Waals surface area contributed by atoms with Gasteiger partial charge in [-0.05, 0) is 6.07 Å². The molecule has 106 valence electrons. The molecule has 0 bridgehead atoms. The summed E-state index contributed by atoms with van der Waals surface area (Å²) in [4.78, 5) is 0. The van der Waals surface area contributed by atoms with Crippen LogP contribution < -0.4 is 5.73 Å².